The molecule has 0 unspecified atom stereocenters. The molecule has 1 heterocycles. The zero-order chi connectivity index (χ0) is 18.1. The fourth-order valence-corrected chi connectivity index (χ4v) is 3.97. The number of hydrogen-bond donors (Lipinski definition) is 2. The summed E-state index contributed by atoms with van der Waals surface area (Å²) in [6.45, 7) is 0.412. The van der Waals surface area contributed by atoms with Gasteiger partial charge in [0.1, 0.15) is 0 Å². The van der Waals surface area contributed by atoms with Crippen molar-refractivity contribution >= 4 is 23.4 Å². The van der Waals surface area contributed by atoms with E-state index in [1.54, 1.807) is 4.57 Å². The number of imidazole rings is 1. The number of halogens is 1. The molecule has 0 bridgehead atoms. The van der Waals surface area contributed by atoms with E-state index < -0.39 is 12.1 Å². The highest BCUT2D eigenvalue weighted by atomic mass is 35.5. The summed E-state index contributed by atoms with van der Waals surface area (Å²) in [5.74, 6) is 0. The van der Waals surface area contributed by atoms with Gasteiger partial charge >= 0.3 is 5.69 Å². The number of aliphatic hydroxyl groups is 1. The first-order valence-corrected chi connectivity index (χ1v) is 9.31. The Morgan fingerprint density at radius 1 is 1.07 bits per heavy atom. The number of nitrogens with one attached hydrogen (secondary N) is 1. The minimum atomic E-state index is -0.708. The van der Waals surface area contributed by atoms with Crippen molar-refractivity contribution in [1.29, 1.82) is 0 Å². The number of para-hydroxylation sites is 2. The SMILES string of the molecule is CNC[C@H](O)[C@H](c1ccccc1)n1c(=O)n(C2CCC2)c2ccccc21.Cl. The average molecular weight is 388 g/mol. The highest BCUT2D eigenvalue weighted by molar-refractivity contribution is 5.85. The van der Waals surface area contributed by atoms with E-state index in [-0.39, 0.29) is 24.1 Å². The minimum absolute atomic E-state index is 0. The molecule has 1 fully saturated rings. The van der Waals surface area contributed by atoms with Crippen molar-refractivity contribution in [2.75, 3.05) is 13.6 Å². The molecule has 3 aromatic rings. The molecule has 0 saturated heterocycles. The Bertz CT molecular complexity index is 947. The van der Waals surface area contributed by atoms with E-state index in [1.807, 2.05) is 66.2 Å². The number of nitrogens with zero attached hydrogens (tertiary/aromatic N) is 2. The minimum Gasteiger partial charge on any atom is -0.389 e. The summed E-state index contributed by atoms with van der Waals surface area (Å²) < 4.78 is 3.71. The number of aromatic nitrogens is 2. The van der Waals surface area contributed by atoms with Crippen molar-refractivity contribution in [2.45, 2.75) is 37.5 Å². The molecule has 0 aliphatic heterocycles. The fourth-order valence-electron chi connectivity index (χ4n) is 3.97. The zero-order valence-corrected chi connectivity index (χ0v) is 16.2. The van der Waals surface area contributed by atoms with Crippen molar-refractivity contribution in [1.82, 2.24) is 14.5 Å². The van der Waals surface area contributed by atoms with Gasteiger partial charge in [0, 0.05) is 12.6 Å². The standard InChI is InChI=1S/C21H25N3O2.ClH/c1-22-14-19(25)20(15-8-3-2-4-9-15)24-18-13-6-5-12-17(18)23(21(24)26)16-10-7-11-16;/h2-6,8-9,12-13,16,19-20,22,25H,7,10-11,14H2,1H3;1H/t19-,20-;/m0./s1. The molecule has 1 aliphatic rings. The van der Waals surface area contributed by atoms with E-state index in [9.17, 15) is 9.90 Å². The van der Waals surface area contributed by atoms with Gasteiger partial charge in [-0.25, -0.2) is 4.79 Å². The van der Waals surface area contributed by atoms with Crippen LogP contribution in [0.25, 0.3) is 11.0 Å². The number of aliphatic hydroxyl groups excluding tert-OH is 1. The van der Waals surface area contributed by atoms with Crippen LogP contribution in [0.2, 0.25) is 0 Å². The molecule has 144 valence electrons. The molecule has 1 aromatic heterocycles. The van der Waals surface area contributed by atoms with Crippen LogP contribution in [-0.4, -0.2) is 33.9 Å². The molecule has 1 aliphatic carbocycles. The molecule has 4 rings (SSSR count). The highest BCUT2D eigenvalue weighted by Gasteiger charge is 2.31. The number of hydrogen-bond acceptors (Lipinski definition) is 3. The number of rotatable bonds is 6. The Morgan fingerprint density at radius 2 is 1.70 bits per heavy atom. The molecule has 2 aromatic carbocycles. The third-order valence-electron chi connectivity index (χ3n) is 5.45. The van der Waals surface area contributed by atoms with Gasteiger partial charge in [0.05, 0.1) is 23.2 Å². The predicted octanol–water partition coefficient (Wildman–Crippen LogP) is 3.12. The molecule has 6 heteroatoms. The van der Waals surface area contributed by atoms with Crippen LogP contribution < -0.4 is 11.0 Å². The van der Waals surface area contributed by atoms with E-state index in [1.165, 1.54) is 6.42 Å². The van der Waals surface area contributed by atoms with E-state index in [4.69, 9.17) is 0 Å². The Kier molecular flexibility index (Phi) is 6.05. The third-order valence-corrected chi connectivity index (χ3v) is 5.45. The van der Waals surface area contributed by atoms with Crippen LogP contribution >= 0.6 is 12.4 Å². The molecule has 27 heavy (non-hydrogen) atoms. The first-order chi connectivity index (χ1) is 12.7. The monoisotopic (exact) mass is 387 g/mol. The summed E-state index contributed by atoms with van der Waals surface area (Å²) in [6, 6.07) is 17.6. The summed E-state index contributed by atoms with van der Waals surface area (Å²) in [5.41, 5.74) is 2.75. The molecule has 0 spiro atoms. The lowest BCUT2D eigenvalue weighted by Gasteiger charge is -2.27. The van der Waals surface area contributed by atoms with Gasteiger partial charge in [0.2, 0.25) is 0 Å². The second kappa shape index (κ2) is 8.30. The van der Waals surface area contributed by atoms with Crippen LogP contribution in [0.3, 0.4) is 0 Å². The Balaban J connectivity index is 0.00000210. The summed E-state index contributed by atoms with van der Waals surface area (Å²) in [6.07, 6.45) is 2.55. The molecule has 1 saturated carbocycles. The first kappa shape index (κ1) is 19.7. The summed E-state index contributed by atoms with van der Waals surface area (Å²) in [5, 5.41) is 13.9. The zero-order valence-electron chi connectivity index (χ0n) is 15.4. The highest BCUT2D eigenvalue weighted by Crippen LogP contribution is 2.34. The molecular formula is C21H26ClN3O2. The van der Waals surface area contributed by atoms with Crippen LogP contribution in [-0.2, 0) is 0 Å². The van der Waals surface area contributed by atoms with Crippen LogP contribution in [0.4, 0.5) is 0 Å². The van der Waals surface area contributed by atoms with Gasteiger partial charge < -0.3 is 10.4 Å². The number of benzene rings is 2. The van der Waals surface area contributed by atoms with Crippen molar-refractivity contribution in [2.24, 2.45) is 0 Å². The van der Waals surface area contributed by atoms with Gasteiger partial charge in [-0.3, -0.25) is 9.13 Å². The summed E-state index contributed by atoms with van der Waals surface area (Å²) in [4.78, 5) is 13.4. The molecule has 0 amide bonds. The second-order valence-electron chi connectivity index (χ2n) is 7.08. The van der Waals surface area contributed by atoms with Crippen LogP contribution in [0.1, 0.15) is 36.9 Å². The fraction of sp³-hybridized carbons (Fsp3) is 0.381. The first-order valence-electron chi connectivity index (χ1n) is 9.31. The summed E-state index contributed by atoms with van der Waals surface area (Å²) >= 11 is 0. The Labute approximate surface area is 165 Å². The summed E-state index contributed by atoms with van der Waals surface area (Å²) in [7, 11) is 1.81. The van der Waals surface area contributed by atoms with Gasteiger partial charge in [-0.05, 0) is 44.0 Å². The van der Waals surface area contributed by atoms with Crippen molar-refractivity contribution < 1.29 is 5.11 Å². The number of likely N-dealkylation sites (N-methyl/N-ethyl adjacent to an activating group) is 1. The topological polar surface area (TPSA) is 59.2 Å². The average Bonchev–Trinajstić information content (AvgIpc) is 2.89. The normalized spacial score (nSPS) is 16.5. The maximum absolute atomic E-state index is 13.4. The van der Waals surface area contributed by atoms with Crippen LogP contribution in [0, 0.1) is 0 Å². The van der Waals surface area contributed by atoms with E-state index in [2.05, 4.69) is 5.32 Å². The smallest absolute Gasteiger partial charge is 0.330 e. The predicted molar refractivity (Wildman–Crippen MR) is 111 cm³/mol. The largest absolute Gasteiger partial charge is 0.389 e. The Morgan fingerprint density at radius 3 is 2.30 bits per heavy atom. The molecule has 5 nitrogen and oxygen atoms in total. The quantitative estimate of drug-likeness (QED) is 0.683. The van der Waals surface area contributed by atoms with Crippen LogP contribution in [0.15, 0.2) is 59.4 Å². The number of fused-ring (bicyclic) bond motifs is 1. The van der Waals surface area contributed by atoms with Gasteiger partial charge in [0.25, 0.3) is 0 Å². The van der Waals surface area contributed by atoms with Crippen molar-refractivity contribution in [3.05, 3.63) is 70.6 Å². The lowest BCUT2D eigenvalue weighted by Crippen LogP contribution is -2.39. The molecule has 2 atom stereocenters. The van der Waals surface area contributed by atoms with Gasteiger partial charge in [-0.15, -0.1) is 12.4 Å². The Hall–Kier alpha value is -2.08. The molecule has 0 radical (unpaired) electrons. The maximum atomic E-state index is 13.4. The lowest BCUT2D eigenvalue weighted by molar-refractivity contribution is 0.129. The maximum Gasteiger partial charge on any atom is 0.330 e. The van der Waals surface area contributed by atoms with Gasteiger partial charge in [-0.2, -0.15) is 0 Å². The van der Waals surface area contributed by atoms with Crippen molar-refractivity contribution in [3.63, 3.8) is 0 Å². The van der Waals surface area contributed by atoms with E-state index >= 15 is 0 Å². The van der Waals surface area contributed by atoms with Crippen molar-refractivity contribution in [3.8, 4) is 0 Å². The van der Waals surface area contributed by atoms with Gasteiger partial charge in [0.15, 0.2) is 0 Å². The van der Waals surface area contributed by atoms with Gasteiger partial charge in [-0.1, -0.05) is 42.5 Å². The molecule has 2 N–H and O–H groups in total. The lowest BCUT2D eigenvalue weighted by atomic mass is 9.93. The van der Waals surface area contributed by atoms with E-state index in [0.29, 0.717) is 6.54 Å². The van der Waals surface area contributed by atoms with Crippen LogP contribution in [0.5, 0.6) is 0 Å². The second-order valence-corrected chi connectivity index (χ2v) is 7.08. The van der Waals surface area contributed by atoms with E-state index in [0.717, 1.165) is 29.4 Å². The molecular weight excluding hydrogens is 362 g/mol. The third kappa shape index (κ3) is 3.43.